The van der Waals surface area contributed by atoms with Crippen molar-refractivity contribution in [1.29, 1.82) is 0 Å². The van der Waals surface area contributed by atoms with E-state index < -0.39 is 9.05 Å². The van der Waals surface area contributed by atoms with Crippen molar-refractivity contribution >= 4 is 41.6 Å². The number of halogens is 2. The van der Waals surface area contributed by atoms with Gasteiger partial charge in [0.15, 0.2) is 0 Å². The maximum Gasteiger partial charge on any atom is 0.262 e. The lowest BCUT2D eigenvalue weighted by atomic mass is 10.1. The molecular weight excluding hydrogens is 342 g/mol. The van der Waals surface area contributed by atoms with Gasteiger partial charge in [0.2, 0.25) is 0 Å². The first-order chi connectivity index (χ1) is 8.29. The largest absolute Gasteiger partial charge is 0.349 e. The fourth-order valence-electron chi connectivity index (χ4n) is 1.54. The third kappa shape index (κ3) is 3.05. The van der Waals surface area contributed by atoms with Crippen LogP contribution in [0.5, 0.6) is 0 Å². The van der Waals surface area contributed by atoms with Gasteiger partial charge in [0.05, 0.1) is 4.90 Å². The van der Waals surface area contributed by atoms with E-state index in [1.165, 1.54) is 6.07 Å². The Kier molecular flexibility index (Phi) is 3.71. The van der Waals surface area contributed by atoms with Gasteiger partial charge in [-0.05, 0) is 53.4 Å². The fraction of sp³-hybridized carbons (Fsp3) is 0.364. The molecule has 2 rings (SSSR count). The Balaban J connectivity index is 2.43. The van der Waals surface area contributed by atoms with Gasteiger partial charge in [-0.1, -0.05) is 0 Å². The van der Waals surface area contributed by atoms with Crippen LogP contribution in [0.2, 0.25) is 0 Å². The first kappa shape index (κ1) is 13.8. The van der Waals surface area contributed by atoms with E-state index in [0.29, 0.717) is 15.6 Å². The molecule has 1 saturated carbocycles. The first-order valence-corrected chi connectivity index (χ1v) is 8.45. The lowest BCUT2D eigenvalue weighted by Gasteiger charge is -2.09. The summed E-state index contributed by atoms with van der Waals surface area (Å²) in [5, 5.41) is 2.80. The minimum absolute atomic E-state index is 0.0786. The van der Waals surface area contributed by atoms with E-state index >= 15 is 0 Å². The summed E-state index contributed by atoms with van der Waals surface area (Å²) in [7, 11) is 1.46. The smallest absolute Gasteiger partial charge is 0.262 e. The molecule has 98 valence electrons. The Bertz CT molecular complexity index is 611. The monoisotopic (exact) mass is 351 g/mol. The summed E-state index contributed by atoms with van der Waals surface area (Å²) < 4.78 is 23.2. The van der Waals surface area contributed by atoms with Gasteiger partial charge in [-0.15, -0.1) is 0 Å². The van der Waals surface area contributed by atoms with E-state index in [0.717, 1.165) is 12.8 Å². The molecule has 1 N–H and O–H groups in total. The zero-order valence-electron chi connectivity index (χ0n) is 9.54. The van der Waals surface area contributed by atoms with E-state index in [2.05, 4.69) is 21.2 Å². The van der Waals surface area contributed by atoms with Gasteiger partial charge < -0.3 is 5.32 Å². The third-order valence-corrected chi connectivity index (χ3v) is 5.32. The third-order valence-electron chi connectivity index (χ3n) is 2.66. The summed E-state index contributed by atoms with van der Waals surface area (Å²) in [4.78, 5) is 11.8. The zero-order chi connectivity index (χ0) is 13.5. The lowest BCUT2D eigenvalue weighted by molar-refractivity contribution is 0.0950. The highest BCUT2D eigenvalue weighted by Crippen LogP contribution is 2.30. The van der Waals surface area contributed by atoms with Crippen LogP contribution < -0.4 is 5.32 Å². The number of carbonyl (C=O) groups is 1. The summed E-state index contributed by atoms with van der Waals surface area (Å²) in [5.41, 5.74) is 0.958. The Morgan fingerprint density at radius 1 is 1.44 bits per heavy atom. The molecule has 1 aliphatic rings. The van der Waals surface area contributed by atoms with Crippen LogP contribution in [0.3, 0.4) is 0 Å². The van der Waals surface area contributed by atoms with E-state index in [1.807, 2.05) is 0 Å². The molecular formula is C11H11BrClNO3S. The minimum atomic E-state index is -3.88. The molecule has 7 heteroatoms. The van der Waals surface area contributed by atoms with Crippen LogP contribution in [-0.2, 0) is 9.05 Å². The van der Waals surface area contributed by atoms with E-state index in [-0.39, 0.29) is 16.8 Å². The van der Waals surface area contributed by atoms with E-state index in [1.54, 1.807) is 13.0 Å². The van der Waals surface area contributed by atoms with Crippen LogP contribution in [0.25, 0.3) is 0 Å². The minimum Gasteiger partial charge on any atom is -0.349 e. The van der Waals surface area contributed by atoms with Crippen LogP contribution in [-0.4, -0.2) is 20.4 Å². The molecule has 18 heavy (non-hydrogen) atoms. The second-order valence-corrected chi connectivity index (χ2v) is 7.62. The Hall–Kier alpha value is -0.590. The van der Waals surface area contributed by atoms with Crippen molar-refractivity contribution in [2.24, 2.45) is 0 Å². The maximum atomic E-state index is 11.9. The van der Waals surface area contributed by atoms with Gasteiger partial charge in [0, 0.05) is 26.8 Å². The van der Waals surface area contributed by atoms with Crippen molar-refractivity contribution in [1.82, 2.24) is 5.32 Å². The molecule has 0 aliphatic heterocycles. The zero-order valence-corrected chi connectivity index (χ0v) is 12.7. The molecule has 0 unspecified atom stereocenters. The summed E-state index contributed by atoms with van der Waals surface area (Å²) in [6.07, 6.45) is 1.95. The predicted molar refractivity (Wildman–Crippen MR) is 72.4 cm³/mol. The number of rotatable bonds is 3. The van der Waals surface area contributed by atoms with Crippen LogP contribution in [0.1, 0.15) is 28.8 Å². The van der Waals surface area contributed by atoms with Crippen LogP contribution in [0.4, 0.5) is 0 Å². The average molecular weight is 353 g/mol. The summed E-state index contributed by atoms with van der Waals surface area (Å²) in [5.74, 6) is -0.269. The number of nitrogens with one attached hydrogen (secondary N) is 1. The number of hydrogen-bond acceptors (Lipinski definition) is 3. The SMILES string of the molecule is Cc1cc(C(=O)NC2CC2)cc(S(=O)(=O)Cl)c1Br. The van der Waals surface area contributed by atoms with Crippen LogP contribution in [0, 0.1) is 6.92 Å². The Labute approximate surface area is 118 Å². The highest BCUT2D eigenvalue weighted by atomic mass is 79.9. The average Bonchev–Trinajstić information content (AvgIpc) is 3.03. The van der Waals surface area contributed by atoms with Crippen molar-refractivity contribution in [2.75, 3.05) is 0 Å². The fourth-order valence-corrected chi connectivity index (χ4v) is 3.70. The molecule has 0 heterocycles. The molecule has 0 saturated heterocycles. The van der Waals surface area contributed by atoms with Crippen molar-refractivity contribution in [2.45, 2.75) is 30.7 Å². The molecule has 0 radical (unpaired) electrons. The summed E-state index contributed by atoms with van der Waals surface area (Å²) in [6.45, 7) is 1.71. The topological polar surface area (TPSA) is 63.2 Å². The highest BCUT2D eigenvalue weighted by Gasteiger charge is 2.25. The second kappa shape index (κ2) is 4.83. The van der Waals surface area contributed by atoms with Gasteiger partial charge in [0.25, 0.3) is 15.0 Å². The quantitative estimate of drug-likeness (QED) is 0.850. The molecule has 0 aromatic heterocycles. The van der Waals surface area contributed by atoms with Crippen molar-refractivity contribution < 1.29 is 13.2 Å². The van der Waals surface area contributed by atoms with Gasteiger partial charge in [0.1, 0.15) is 0 Å². The molecule has 4 nitrogen and oxygen atoms in total. The van der Waals surface area contributed by atoms with Crippen LogP contribution in [0.15, 0.2) is 21.5 Å². The van der Waals surface area contributed by atoms with Crippen molar-refractivity contribution in [3.63, 3.8) is 0 Å². The molecule has 1 aromatic rings. The molecule has 1 fully saturated rings. The lowest BCUT2D eigenvalue weighted by Crippen LogP contribution is -2.25. The van der Waals surface area contributed by atoms with Gasteiger partial charge in [-0.3, -0.25) is 4.79 Å². The predicted octanol–water partition coefficient (Wildman–Crippen LogP) is 2.58. The van der Waals surface area contributed by atoms with Crippen molar-refractivity contribution in [3.8, 4) is 0 Å². The number of hydrogen-bond donors (Lipinski definition) is 1. The maximum absolute atomic E-state index is 11.9. The standard InChI is InChI=1S/C11H11BrClNO3S/c1-6-4-7(11(15)14-8-2-3-8)5-9(10(6)12)18(13,16)17/h4-5,8H,2-3H2,1H3,(H,14,15). The summed E-state index contributed by atoms with van der Waals surface area (Å²) >= 11 is 3.17. The number of aryl methyl sites for hydroxylation is 1. The Morgan fingerprint density at radius 3 is 2.56 bits per heavy atom. The van der Waals surface area contributed by atoms with Gasteiger partial charge >= 0.3 is 0 Å². The molecule has 0 atom stereocenters. The number of carbonyl (C=O) groups excluding carboxylic acids is 1. The van der Waals surface area contributed by atoms with Gasteiger partial charge in [-0.25, -0.2) is 8.42 Å². The molecule has 1 aliphatic carbocycles. The second-order valence-electron chi connectivity index (χ2n) is 4.29. The van der Waals surface area contributed by atoms with Crippen molar-refractivity contribution in [3.05, 3.63) is 27.7 Å². The first-order valence-electron chi connectivity index (χ1n) is 5.34. The van der Waals surface area contributed by atoms with E-state index in [4.69, 9.17) is 10.7 Å². The Morgan fingerprint density at radius 2 is 2.06 bits per heavy atom. The molecule has 0 spiro atoms. The number of benzene rings is 1. The molecule has 1 amide bonds. The van der Waals surface area contributed by atoms with E-state index in [9.17, 15) is 13.2 Å². The highest BCUT2D eigenvalue weighted by molar-refractivity contribution is 9.10. The molecule has 0 bridgehead atoms. The van der Waals surface area contributed by atoms with Gasteiger partial charge in [-0.2, -0.15) is 0 Å². The number of amides is 1. The normalized spacial score (nSPS) is 15.5. The van der Waals surface area contributed by atoms with Crippen LogP contribution >= 0.6 is 26.6 Å². The molecule has 1 aromatic carbocycles. The summed E-state index contributed by atoms with van der Waals surface area (Å²) in [6, 6.07) is 3.14.